The second kappa shape index (κ2) is 11.4. The molecule has 0 amide bonds. The molecule has 110 valence electrons. The lowest BCUT2D eigenvalue weighted by molar-refractivity contribution is 0.399. The SMILES string of the molecule is CC.CNSc1ccc(-c2ccnc(F)c2)cc1.CO. The summed E-state index contributed by atoms with van der Waals surface area (Å²) in [5.41, 5.74) is 1.83. The Hall–Kier alpha value is -1.43. The normalized spacial score (nSPS) is 8.90. The molecule has 0 radical (unpaired) electrons. The van der Waals surface area contributed by atoms with Gasteiger partial charge in [0.2, 0.25) is 5.95 Å². The van der Waals surface area contributed by atoms with Gasteiger partial charge >= 0.3 is 0 Å². The van der Waals surface area contributed by atoms with E-state index in [0.29, 0.717) is 0 Å². The molecule has 1 aromatic carbocycles. The number of nitrogens with one attached hydrogen (secondary N) is 1. The highest BCUT2D eigenvalue weighted by atomic mass is 32.2. The van der Waals surface area contributed by atoms with Crippen molar-refractivity contribution < 1.29 is 9.50 Å². The number of hydrogen-bond donors (Lipinski definition) is 2. The third kappa shape index (κ3) is 6.14. The van der Waals surface area contributed by atoms with E-state index in [9.17, 15) is 4.39 Å². The van der Waals surface area contributed by atoms with Crippen molar-refractivity contribution in [3.63, 3.8) is 0 Å². The molecule has 3 nitrogen and oxygen atoms in total. The van der Waals surface area contributed by atoms with Crippen molar-refractivity contribution in [3.8, 4) is 11.1 Å². The third-order valence-electron chi connectivity index (χ3n) is 2.13. The Morgan fingerprint density at radius 2 is 1.65 bits per heavy atom. The quantitative estimate of drug-likeness (QED) is 0.669. The van der Waals surface area contributed by atoms with E-state index in [1.807, 2.05) is 45.2 Å². The fourth-order valence-corrected chi connectivity index (χ4v) is 1.92. The minimum Gasteiger partial charge on any atom is -0.400 e. The van der Waals surface area contributed by atoms with Crippen LogP contribution >= 0.6 is 11.9 Å². The molecular weight excluding hydrogens is 275 g/mol. The van der Waals surface area contributed by atoms with Gasteiger partial charge in [-0.1, -0.05) is 26.0 Å². The van der Waals surface area contributed by atoms with Crippen molar-refractivity contribution in [1.29, 1.82) is 0 Å². The fourth-order valence-electron chi connectivity index (χ4n) is 1.42. The van der Waals surface area contributed by atoms with Crippen LogP contribution in [0.3, 0.4) is 0 Å². The van der Waals surface area contributed by atoms with Crippen LogP contribution < -0.4 is 4.72 Å². The van der Waals surface area contributed by atoms with Crippen molar-refractivity contribution >= 4 is 11.9 Å². The molecule has 5 heteroatoms. The van der Waals surface area contributed by atoms with Gasteiger partial charge in [-0.3, -0.25) is 4.72 Å². The molecular formula is C15H21FN2OS. The fraction of sp³-hybridized carbons (Fsp3) is 0.267. The lowest BCUT2D eigenvalue weighted by atomic mass is 10.1. The zero-order valence-electron chi connectivity index (χ0n) is 12.2. The number of aliphatic hydroxyl groups excluding tert-OH is 1. The number of nitrogens with zero attached hydrogens (tertiary/aromatic N) is 1. The first-order chi connectivity index (χ1) is 9.79. The van der Waals surface area contributed by atoms with Gasteiger partial charge in [-0.05, 0) is 48.3 Å². The zero-order chi connectivity index (χ0) is 15.4. The predicted molar refractivity (Wildman–Crippen MR) is 84.0 cm³/mol. The molecule has 0 atom stereocenters. The van der Waals surface area contributed by atoms with E-state index in [1.54, 1.807) is 18.0 Å². The highest BCUT2D eigenvalue weighted by Crippen LogP contribution is 2.22. The smallest absolute Gasteiger partial charge is 0.213 e. The molecule has 1 aromatic heterocycles. The van der Waals surface area contributed by atoms with E-state index in [-0.39, 0.29) is 0 Å². The van der Waals surface area contributed by atoms with Crippen LogP contribution in [0.5, 0.6) is 0 Å². The highest BCUT2D eigenvalue weighted by Gasteiger charge is 2.00. The topological polar surface area (TPSA) is 45.2 Å². The molecule has 0 spiro atoms. The summed E-state index contributed by atoms with van der Waals surface area (Å²) in [5, 5.41) is 7.00. The molecule has 0 unspecified atom stereocenters. The molecule has 1 heterocycles. The van der Waals surface area contributed by atoms with Crippen molar-refractivity contribution in [2.24, 2.45) is 0 Å². The molecule has 0 aliphatic rings. The number of hydrogen-bond acceptors (Lipinski definition) is 4. The standard InChI is InChI=1S/C12H11FN2S.C2H6.CH4O/c1-14-16-11-4-2-9(3-5-11)10-6-7-15-12(13)8-10;2*1-2/h2-8,14H,1H3;1-2H3;2H,1H3. The van der Waals surface area contributed by atoms with Crippen molar-refractivity contribution in [1.82, 2.24) is 9.71 Å². The average molecular weight is 296 g/mol. The molecule has 2 rings (SSSR count). The van der Waals surface area contributed by atoms with E-state index in [1.165, 1.54) is 12.3 Å². The van der Waals surface area contributed by atoms with E-state index >= 15 is 0 Å². The van der Waals surface area contributed by atoms with Crippen molar-refractivity contribution in [3.05, 3.63) is 48.5 Å². The van der Waals surface area contributed by atoms with E-state index in [2.05, 4.69) is 9.71 Å². The van der Waals surface area contributed by atoms with Gasteiger partial charge in [0, 0.05) is 24.3 Å². The monoisotopic (exact) mass is 296 g/mol. The Morgan fingerprint density at radius 1 is 1.05 bits per heavy atom. The number of rotatable bonds is 3. The number of pyridine rings is 1. The number of halogens is 1. The van der Waals surface area contributed by atoms with E-state index < -0.39 is 5.95 Å². The molecule has 0 fully saturated rings. The predicted octanol–water partition coefficient (Wildman–Crippen LogP) is 3.75. The minimum absolute atomic E-state index is 0.453. The third-order valence-corrected chi connectivity index (χ3v) is 2.85. The maximum Gasteiger partial charge on any atom is 0.213 e. The molecule has 0 aliphatic heterocycles. The summed E-state index contributed by atoms with van der Waals surface area (Å²) in [4.78, 5) is 4.66. The number of aromatic nitrogens is 1. The summed E-state index contributed by atoms with van der Waals surface area (Å²) < 4.78 is 15.9. The van der Waals surface area contributed by atoms with Gasteiger partial charge < -0.3 is 5.11 Å². The van der Waals surface area contributed by atoms with E-state index in [4.69, 9.17) is 5.11 Å². The maximum absolute atomic E-state index is 12.9. The molecule has 0 aliphatic carbocycles. The van der Waals surface area contributed by atoms with Crippen LogP contribution in [0.25, 0.3) is 11.1 Å². The Bertz CT molecular complexity index is 478. The molecule has 20 heavy (non-hydrogen) atoms. The van der Waals surface area contributed by atoms with Gasteiger partial charge in [0.25, 0.3) is 0 Å². The largest absolute Gasteiger partial charge is 0.400 e. The molecule has 0 saturated carbocycles. The molecule has 2 aromatic rings. The van der Waals surface area contributed by atoms with Crippen LogP contribution in [0.2, 0.25) is 0 Å². The summed E-state index contributed by atoms with van der Waals surface area (Å²) in [6.45, 7) is 4.00. The Balaban J connectivity index is 0.000000829. The van der Waals surface area contributed by atoms with Crippen LogP contribution in [0.15, 0.2) is 47.5 Å². The summed E-state index contributed by atoms with van der Waals surface area (Å²) in [6, 6.07) is 11.1. The number of benzene rings is 1. The van der Waals surface area contributed by atoms with E-state index in [0.717, 1.165) is 23.1 Å². The average Bonchev–Trinajstić information content (AvgIpc) is 2.52. The molecule has 0 saturated heterocycles. The van der Waals surface area contributed by atoms with Gasteiger partial charge in [0.05, 0.1) is 0 Å². The lowest BCUT2D eigenvalue weighted by Gasteiger charge is -2.03. The van der Waals surface area contributed by atoms with Crippen molar-refractivity contribution in [2.75, 3.05) is 14.2 Å². The van der Waals surface area contributed by atoms with Crippen LogP contribution in [0, 0.1) is 5.95 Å². The van der Waals surface area contributed by atoms with Gasteiger partial charge in [-0.25, -0.2) is 4.98 Å². The van der Waals surface area contributed by atoms with Crippen LogP contribution in [0.1, 0.15) is 13.8 Å². The summed E-state index contributed by atoms with van der Waals surface area (Å²) in [7, 11) is 2.87. The number of aliphatic hydroxyl groups is 1. The Kier molecular flexibility index (Phi) is 10.6. The van der Waals surface area contributed by atoms with Crippen LogP contribution in [-0.4, -0.2) is 24.2 Å². The van der Waals surface area contributed by atoms with Crippen molar-refractivity contribution in [2.45, 2.75) is 18.7 Å². The lowest BCUT2D eigenvalue weighted by Crippen LogP contribution is -1.90. The van der Waals surface area contributed by atoms with Gasteiger partial charge in [0.15, 0.2) is 0 Å². The Labute approximate surface area is 124 Å². The van der Waals surface area contributed by atoms with Gasteiger partial charge in [-0.2, -0.15) is 4.39 Å². The van der Waals surface area contributed by atoms with Gasteiger partial charge in [0.1, 0.15) is 0 Å². The first kappa shape index (κ1) is 18.6. The van der Waals surface area contributed by atoms with Gasteiger partial charge in [-0.15, -0.1) is 0 Å². The summed E-state index contributed by atoms with van der Waals surface area (Å²) in [6.07, 6.45) is 1.47. The van der Waals surface area contributed by atoms with Crippen LogP contribution in [-0.2, 0) is 0 Å². The summed E-state index contributed by atoms with van der Waals surface area (Å²) >= 11 is 1.55. The Morgan fingerprint density at radius 3 is 2.15 bits per heavy atom. The second-order valence-corrected chi connectivity index (χ2v) is 4.28. The first-order valence-electron chi connectivity index (χ1n) is 6.30. The van der Waals surface area contributed by atoms with Crippen LogP contribution in [0.4, 0.5) is 4.39 Å². The molecule has 2 N–H and O–H groups in total. The molecule has 0 bridgehead atoms. The second-order valence-electron chi connectivity index (χ2n) is 3.20. The summed E-state index contributed by atoms with van der Waals surface area (Å²) in [5.74, 6) is -0.453. The zero-order valence-corrected chi connectivity index (χ0v) is 13.0. The minimum atomic E-state index is -0.453. The first-order valence-corrected chi connectivity index (χ1v) is 7.11. The highest BCUT2D eigenvalue weighted by molar-refractivity contribution is 7.97. The maximum atomic E-state index is 12.9.